The van der Waals surface area contributed by atoms with E-state index in [9.17, 15) is 4.79 Å². The lowest BCUT2D eigenvalue weighted by atomic mass is 9.86. The fourth-order valence-corrected chi connectivity index (χ4v) is 1.92. The SMILES string of the molecule is COc1ccc(N(C)C(=O)C(C)N)cc1C(C)(C)C. The van der Waals surface area contributed by atoms with Crippen molar-refractivity contribution in [1.82, 2.24) is 0 Å². The van der Waals surface area contributed by atoms with Gasteiger partial charge in [-0.3, -0.25) is 4.79 Å². The minimum absolute atomic E-state index is 0.0560. The Balaban J connectivity index is 3.22. The fraction of sp³-hybridized carbons (Fsp3) is 0.533. The highest BCUT2D eigenvalue weighted by atomic mass is 16.5. The molecular weight excluding hydrogens is 240 g/mol. The zero-order chi connectivity index (χ0) is 14.8. The molecule has 0 aliphatic carbocycles. The van der Waals surface area contributed by atoms with Crippen LogP contribution in [-0.4, -0.2) is 26.1 Å². The Bertz CT molecular complexity index is 462. The third kappa shape index (κ3) is 3.47. The molecule has 0 spiro atoms. The van der Waals surface area contributed by atoms with E-state index in [-0.39, 0.29) is 11.3 Å². The summed E-state index contributed by atoms with van der Waals surface area (Å²) >= 11 is 0. The van der Waals surface area contributed by atoms with Crippen molar-refractivity contribution >= 4 is 11.6 Å². The van der Waals surface area contributed by atoms with Gasteiger partial charge in [0.25, 0.3) is 0 Å². The number of nitrogens with zero attached hydrogens (tertiary/aromatic N) is 1. The highest BCUT2D eigenvalue weighted by molar-refractivity contribution is 5.96. The number of rotatable bonds is 3. The molecule has 4 nitrogen and oxygen atoms in total. The number of ether oxygens (including phenoxy) is 1. The van der Waals surface area contributed by atoms with Gasteiger partial charge in [-0.05, 0) is 30.5 Å². The first-order valence-corrected chi connectivity index (χ1v) is 6.40. The second-order valence-electron chi connectivity index (χ2n) is 5.82. The summed E-state index contributed by atoms with van der Waals surface area (Å²) in [5.74, 6) is 0.725. The normalized spacial score (nSPS) is 13.0. The molecule has 0 aromatic heterocycles. The molecule has 1 atom stereocenters. The number of anilines is 1. The van der Waals surface area contributed by atoms with Crippen LogP contribution in [0.15, 0.2) is 18.2 Å². The van der Waals surface area contributed by atoms with Gasteiger partial charge in [-0.25, -0.2) is 0 Å². The molecule has 0 aliphatic rings. The van der Waals surface area contributed by atoms with Crippen molar-refractivity contribution in [3.05, 3.63) is 23.8 Å². The van der Waals surface area contributed by atoms with Crippen LogP contribution in [0.5, 0.6) is 5.75 Å². The number of amides is 1. The van der Waals surface area contributed by atoms with Crippen molar-refractivity contribution in [3.8, 4) is 5.75 Å². The van der Waals surface area contributed by atoms with Crippen LogP contribution in [0, 0.1) is 0 Å². The minimum atomic E-state index is -0.509. The second kappa shape index (κ2) is 5.61. The number of methoxy groups -OCH3 is 1. The highest BCUT2D eigenvalue weighted by Crippen LogP contribution is 2.34. The summed E-state index contributed by atoms with van der Waals surface area (Å²) in [6.45, 7) is 8.03. The Morgan fingerprint density at radius 3 is 2.37 bits per heavy atom. The maximum atomic E-state index is 11.9. The molecule has 106 valence electrons. The standard InChI is InChI=1S/C15H24N2O2/c1-10(16)14(18)17(5)11-7-8-13(19-6)12(9-11)15(2,3)4/h7-10H,16H2,1-6H3. The van der Waals surface area contributed by atoms with Crippen LogP contribution in [0.4, 0.5) is 5.69 Å². The summed E-state index contributed by atoms with van der Waals surface area (Å²) in [5.41, 5.74) is 7.48. The smallest absolute Gasteiger partial charge is 0.243 e. The molecule has 0 saturated heterocycles. The van der Waals surface area contributed by atoms with E-state index >= 15 is 0 Å². The van der Waals surface area contributed by atoms with Crippen LogP contribution in [0.3, 0.4) is 0 Å². The van der Waals surface area contributed by atoms with E-state index in [2.05, 4.69) is 20.8 Å². The first kappa shape index (κ1) is 15.5. The van der Waals surface area contributed by atoms with Crippen LogP contribution >= 0.6 is 0 Å². The molecule has 0 fully saturated rings. The van der Waals surface area contributed by atoms with Crippen LogP contribution in [0.25, 0.3) is 0 Å². The van der Waals surface area contributed by atoms with Crippen molar-refractivity contribution in [2.24, 2.45) is 5.73 Å². The van der Waals surface area contributed by atoms with Gasteiger partial charge in [-0.1, -0.05) is 20.8 Å². The highest BCUT2D eigenvalue weighted by Gasteiger charge is 2.22. The number of hydrogen-bond donors (Lipinski definition) is 1. The summed E-state index contributed by atoms with van der Waals surface area (Å²) in [7, 11) is 3.39. The molecule has 1 aromatic carbocycles. The van der Waals surface area contributed by atoms with Crippen LogP contribution in [0.1, 0.15) is 33.3 Å². The van der Waals surface area contributed by atoms with E-state index in [0.29, 0.717) is 0 Å². The van der Waals surface area contributed by atoms with Crippen LogP contribution < -0.4 is 15.4 Å². The van der Waals surface area contributed by atoms with Crippen molar-refractivity contribution in [2.45, 2.75) is 39.2 Å². The predicted octanol–water partition coefficient (Wildman–Crippen LogP) is 2.30. The average Bonchev–Trinajstić information content (AvgIpc) is 2.35. The molecule has 0 aliphatic heterocycles. The van der Waals surface area contributed by atoms with Gasteiger partial charge in [0, 0.05) is 18.3 Å². The lowest BCUT2D eigenvalue weighted by Crippen LogP contribution is -2.39. The van der Waals surface area contributed by atoms with Crippen molar-refractivity contribution in [2.75, 3.05) is 19.1 Å². The number of carbonyl (C=O) groups excluding carboxylic acids is 1. The molecule has 2 N–H and O–H groups in total. The minimum Gasteiger partial charge on any atom is -0.496 e. The van der Waals surface area contributed by atoms with E-state index < -0.39 is 6.04 Å². The number of nitrogens with two attached hydrogens (primary N) is 1. The predicted molar refractivity (Wildman–Crippen MR) is 78.8 cm³/mol. The first-order valence-electron chi connectivity index (χ1n) is 6.40. The van der Waals surface area contributed by atoms with Gasteiger partial charge < -0.3 is 15.4 Å². The second-order valence-corrected chi connectivity index (χ2v) is 5.82. The third-order valence-electron chi connectivity index (χ3n) is 3.10. The maximum absolute atomic E-state index is 11.9. The number of benzene rings is 1. The summed E-state index contributed by atoms with van der Waals surface area (Å²) in [4.78, 5) is 13.5. The Morgan fingerprint density at radius 1 is 1.37 bits per heavy atom. The summed E-state index contributed by atoms with van der Waals surface area (Å²) in [5, 5.41) is 0. The van der Waals surface area contributed by atoms with Gasteiger partial charge in [-0.2, -0.15) is 0 Å². The molecule has 19 heavy (non-hydrogen) atoms. The van der Waals surface area contributed by atoms with Crippen molar-refractivity contribution in [3.63, 3.8) is 0 Å². The van der Waals surface area contributed by atoms with Gasteiger partial charge in [0.2, 0.25) is 5.91 Å². The molecule has 0 saturated carbocycles. The molecule has 1 rings (SSSR count). The zero-order valence-corrected chi connectivity index (χ0v) is 12.7. The number of likely N-dealkylation sites (N-methyl/N-ethyl adjacent to an activating group) is 1. The van der Waals surface area contributed by atoms with Gasteiger partial charge in [0.15, 0.2) is 0 Å². The van der Waals surface area contributed by atoms with Gasteiger partial charge in [0.05, 0.1) is 13.2 Å². The quantitative estimate of drug-likeness (QED) is 0.911. The lowest BCUT2D eigenvalue weighted by Gasteiger charge is -2.26. The topological polar surface area (TPSA) is 55.6 Å². The largest absolute Gasteiger partial charge is 0.496 e. The zero-order valence-electron chi connectivity index (χ0n) is 12.7. The summed E-state index contributed by atoms with van der Waals surface area (Å²) < 4.78 is 5.39. The lowest BCUT2D eigenvalue weighted by molar-refractivity contribution is -0.119. The monoisotopic (exact) mass is 264 g/mol. The van der Waals surface area contributed by atoms with E-state index in [4.69, 9.17) is 10.5 Å². The molecule has 0 heterocycles. The van der Waals surface area contributed by atoms with Crippen LogP contribution in [0.2, 0.25) is 0 Å². The molecule has 1 unspecified atom stereocenters. The van der Waals surface area contributed by atoms with E-state index in [1.165, 1.54) is 0 Å². The van der Waals surface area contributed by atoms with Crippen molar-refractivity contribution in [1.29, 1.82) is 0 Å². The molecule has 0 bridgehead atoms. The summed E-state index contributed by atoms with van der Waals surface area (Å²) in [6.07, 6.45) is 0. The molecule has 0 radical (unpaired) electrons. The molecular formula is C15H24N2O2. The average molecular weight is 264 g/mol. The Morgan fingerprint density at radius 2 is 1.95 bits per heavy atom. The Labute approximate surface area is 115 Å². The van der Waals surface area contributed by atoms with E-state index in [1.807, 2.05) is 18.2 Å². The molecule has 1 aromatic rings. The van der Waals surface area contributed by atoms with E-state index in [1.54, 1.807) is 26.0 Å². The van der Waals surface area contributed by atoms with Crippen molar-refractivity contribution < 1.29 is 9.53 Å². The Kier molecular flexibility index (Phi) is 4.58. The number of hydrogen-bond acceptors (Lipinski definition) is 3. The molecule has 4 heteroatoms. The molecule has 1 amide bonds. The number of carbonyl (C=O) groups is 1. The first-order chi connectivity index (χ1) is 8.68. The Hall–Kier alpha value is -1.55. The van der Waals surface area contributed by atoms with Gasteiger partial charge in [-0.15, -0.1) is 0 Å². The summed E-state index contributed by atoms with van der Waals surface area (Å²) in [6, 6.07) is 5.24. The van der Waals surface area contributed by atoms with Gasteiger partial charge >= 0.3 is 0 Å². The third-order valence-corrected chi connectivity index (χ3v) is 3.10. The van der Waals surface area contributed by atoms with Crippen LogP contribution in [-0.2, 0) is 10.2 Å². The fourth-order valence-electron chi connectivity index (χ4n) is 1.92. The van der Waals surface area contributed by atoms with E-state index in [0.717, 1.165) is 17.0 Å². The maximum Gasteiger partial charge on any atom is 0.243 e. The van der Waals surface area contributed by atoms with Gasteiger partial charge in [0.1, 0.15) is 5.75 Å².